The van der Waals surface area contributed by atoms with Crippen LogP contribution in [0.25, 0.3) is 10.1 Å². The topological polar surface area (TPSA) is 61.4 Å². The summed E-state index contributed by atoms with van der Waals surface area (Å²) in [5.41, 5.74) is 2.31. The summed E-state index contributed by atoms with van der Waals surface area (Å²) in [6.07, 6.45) is 7.07. The van der Waals surface area contributed by atoms with Gasteiger partial charge in [0.1, 0.15) is 0 Å². The molecule has 1 amide bonds. The minimum absolute atomic E-state index is 0.0124. The molecule has 0 spiro atoms. The molecule has 4 rings (SSSR count). The Morgan fingerprint density at radius 3 is 2.76 bits per heavy atom. The molecule has 1 saturated heterocycles. The maximum absolute atomic E-state index is 12.5. The summed E-state index contributed by atoms with van der Waals surface area (Å²) in [7, 11) is 5.59. The second-order valence-electron chi connectivity index (χ2n) is 7.74. The summed E-state index contributed by atoms with van der Waals surface area (Å²) in [5.74, 6) is 0.741. The predicted molar refractivity (Wildman–Crippen MR) is 119 cm³/mol. The number of nitrogens with one attached hydrogen (secondary N) is 1. The number of carbonyl (C=O) groups is 1. The third-order valence-corrected chi connectivity index (χ3v) is 6.76. The fourth-order valence-electron chi connectivity index (χ4n) is 4.06. The molecule has 1 aliphatic heterocycles. The van der Waals surface area contributed by atoms with E-state index in [4.69, 9.17) is 0 Å². The molecule has 3 aromatic rings. The molecule has 0 radical (unpaired) electrons. The number of carbonyl (C=O) groups excluding carboxylic acids is 1. The maximum Gasteiger partial charge on any atom is 0.261 e. The second kappa shape index (κ2) is 8.47. The maximum atomic E-state index is 12.5. The minimum Gasteiger partial charge on any atom is -0.354 e. The molecular formula is C22H27N5OS. The van der Waals surface area contributed by atoms with Crippen molar-refractivity contribution in [2.75, 3.05) is 32.6 Å². The number of hydrogen-bond donors (Lipinski definition) is 1. The number of fused-ring (bicyclic) bond motifs is 1. The van der Waals surface area contributed by atoms with Gasteiger partial charge in [-0.1, -0.05) is 18.2 Å². The molecule has 0 bridgehead atoms. The summed E-state index contributed by atoms with van der Waals surface area (Å²) in [6, 6.07) is 8.76. The van der Waals surface area contributed by atoms with E-state index in [2.05, 4.69) is 38.4 Å². The number of thiophene rings is 1. The highest BCUT2D eigenvalue weighted by Gasteiger charge is 2.28. The van der Waals surface area contributed by atoms with Crippen molar-refractivity contribution >= 4 is 33.3 Å². The highest BCUT2D eigenvalue weighted by Crippen LogP contribution is 2.34. The number of amides is 1. The van der Waals surface area contributed by atoms with Crippen LogP contribution >= 0.6 is 11.3 Å². The Bertz CT molecular complexity index is 998. The van der Waals surface area contributed by atoms with Crippen molar-refractivity contribution < 1.29 is 4.79 Å². The van der Waals surface area contributed by atoms with E-state index >= 15 is 0 Å². The molecule has 1 aromatic carbocycles. The average Bonchev–Trinajstić information content (AvgIpc) is 3.33. The summed E-state index contributed by atoms with van der Waals surface area (Å²) < 4.78 is 1.18. The number of likely N-dealkylation sites (tertiary alicyclic amines) is 1. The molecule has 0 unspecified atom stereocenters. The molecule has 29 heavy (non-hydrogen) atoms. The van der Waals surface area contributed by atoms with Crippen LogP contribution in [0.3, 0.4) is 0 Å². The van der Waals surface area contributed by atoms with Crippen molar-refractivity contribution in [1.29, 1.82) is 0 Å². The van der Waals surface area contributed by atoms with Crippen molar-refractivity contribution in [3.05, 3.63) is 52.7 Å². The summed E-state index contributed by atoms with van der Waals surface area (Å²) >= 11 is 1.59. The standard InChI is InChI=1S/C22H27N5OS/c1-23-21(28)20-18(17-8-4-5-9-19(17)29-20)11-16-7-6-10-27(16)14-15-12-24-22(25-13-15)26(2)3/h4-5,8-9,12-13,16H,6-7,10-11,14H2,1-3H3,(H,23,28)/t16-/m0/s1. The van der Waals surface area contributed by atoms with Crippen LogP contribution in [-0.2, 0) is 13.0 Å². The van der Waals surface area contributed by atoms with E-state index in [0.29, 0.717) is 6.04 Å². The highest BCUT2D eigenvalue weighted by atomic mass is 32.1. The number of benzene rings is 1. The van der Waals surface area contributed by atoms with Gasteiger partial charge in [0, 0.05) is 56.4 Å². The van der Waals surface area contributed by atoms with Crippen LogP contribution < -0.4 is 10.2 Å². The van der Waals surface area contributed by atoms with Gasteiger partial charge in [-0.3, -0.25) is 9.69 Å². The Balaban J connectivity index is 1.56. The lowest BCUT2D eigenvalue weighted by molar-refractivity contribution is 0.0966. The van der Waals surface area contributed by atoms with Crippen LogP contribution in [0.4, 0.5) is 5.95 Å². The number of rotatable bonds is 6. The predicted octanol–water partition coefficient (Wildman–Crippen LogP) is 3.32. The van der Waals surface area contributed by atoms with Crippen molar-refractivity contribution in [1.82, 2.24) is 20.2 Å². The van der Waals surface area contributed by atoms with E-state index in [-0.39, 0.29) is 5.91 Å². The van der Waals surface area contributed by atoms with Gasteiger partial charge < -0.3 is 10.2 Å². The first kappa shape index (κ1) is 19.8. The smallest absolute Gasteiger partial charge is 0.261 e. The molecule has 7 heteroatoms. The molecule has 0 saturated carbocycles. The van der Waals surface area contributed by atoms with Gasteiger partial charge in [0.05, 0.1) is 4.88 Å². The van der Waals surface area contributed by atoms with E-state index in [1.54, 1.807) is 18.4 Å². The molecule has 6 nitrogen and oxygen atoms in total. The molecule has 1 atom stereocenters. The van der Waals surface area contributed by atoms with Crippen molar-refractivity contribution in [3.63, 3.8) is 0 Å². The number of aromatic nitrogens is 2. The first-order valence-electron chi connectivity index (χ1n) is 10.0. The second-order valence-corrected chi connectivity index (χ2v) is 8.79. The van der Waals surface area contributed by atoms with Crippen LogP contribution in [-0.4, -0.2) is 54.5 Å². The highest BCUT2D eigenvalue weighted by molar-refractivity contribution is 7.21. The zero-order valence-corrected chi connectivity index (χ0v) is 18.0. The zero-order chi connectivity index (χ0) is 20.4. The fourth-order valence-corrected chi connectivity index (χ4v) is 5.24. The van der Waals surface area contributed by atoms with E-state index in [1.165, 1.54) is 22.1 Å². The number of anilines is 1. The Labute approximate surface area is 175 Å². The largest absolute Gasteiger partial charge is 0.354 e. The molecule has 3 heterocycles. The molecule has 152 valence electrons. The Kier molecular flexibility index (Phi) is 5.78. The van der Waals surface area contributed by atoms with E-state index in [9.17, 15) is 4.79 Å². The van der Waals surface area contributed by atoms with Gasteiger partial charge in [0.25, 0.3) is 5.91 Å². The van der Waals surface area contributed by atoms with Crippen molar-refractivity contribution in [2.45, 2.75) is 31.8 Å². The summed E-state index contributed by atoms with van der Waals surface area (Å²) in [6.45, 7) is 1.91. The van der Waals surface area contributed by atoms with Gasteiger partial charge in [0.2, 0.25) is 5.95 Å². The van der Waals surface area contributed by atoms with Gasteiger partial charge in [-0.2, -0.15) is 0 Å². The van der Waals surface area contributed by atoms with Gasteiger partial charge >= 0.3 is 0 Å². The monoisotopic (exact) mass is 409 g/mol. The van der Waals surface area contributed by atoms with Gasteiger partial charge in [-0.15, -0.1) is 11.3 Å². The van der Waals surface area contributed by atoms with Crippen LogP contribution in [0.2, 0.25) is 0 Å². The number of nitrogens with zero attached hydrogens (tertiary/aromatic N) is 4. The van der Waals surface area contributed by atoms with Gasteiger partial charge in [0.15, 0.2) is 0 Å². The van der Waals surface area contributed by atoms with Gasteiger partial charge in [-0.05, 0) is 42.8 Å². The lowest BCUT2D eigenvalue weighted by Gasteiger charge is -2.25. The Hall–Kier alpha value is -2.51. The third kappa shape index (κ3) is 4.11. The van der Waals surface area contributed by atoms with Crippen molar-refractivity contribution in [2.24, 2.45) is 0 Å². The van der Waals surface area contributed by atoms with Crippen molar-refractivity contribution in [3.8, 4) is 0 Å². The third-order valence-electron chi connectivity index (χ3n) is 5.55. The molecule has 1 fully saturated rings. The van der Waals surface area contributed by atoms with Crippen LogP contribution in [0.15, 0.2) is 36.7 Å². The molecule has 1 N–H and O–H groups in total. The first-order valence-corrected chi connectivity index (χ1v) is 10.8. The SMILES string of the molecule is CNC(=O)c1sc2ccccc2c1C[C@@H]1CCCN1Cc1cnc(N(C)C)nc1. The Morgan fingerprint density at radius 2 is 2.03 bits per heavy atom. The molecule has 1 aliphatic rings. The molecule has 2 aromatic heterocycles. The van der Waals surface area contributed by atoms with Crippen LogP contribution in [0.5, 0.6) is 0 Å². The van der Waals surface area contributed by atoms with E-state index in [1.807, 2.05) is 37.5 Å². The first-order chi connectivity index (χ1) is 14.1. The lowest BCUT2D eigenvalue weighted by atomic mass is 10.00. The zero-order valence-electron chi connectivity index (χ0n) is 17.2. The lowest BCUT2D eigenvalue weighted by Crippen LogP contribution is -2.31. The van der Waals surface area contributed by atoms with E-state index < -0.39 is 0 Å². The Morgan fingerprint density at radius 1 is 1.28 bits per heavy atom. The average molecular weight is 410 g/mol. The minimum atomic E-state index is 0.0124. The van der Waals surface area contributed by atoms with Crippen LogP contribution in [0.1, 0.15) is 33.6 Å². The molecular weight excluding hydrogens is 382 g/mol. The normalized spacial score (nSPS) is 17.0. The van der Waals surface area contributed by atoms with E-state index in [0.717, 1.165) is 42.3 Å². The molecule has 0 aliphatic carbocycles. The fraction of sp³-hybridized carbons (Fsp3) is 0.409. The van der Waals surface area contributed by atoms with Gasteiger partial charge in [-0.25, -0.2) is 9.97 Å². The quantitative estimate of drug-likeness (QED) is 0.677. The van der Waals surface area contributed by atoms with Crippen LogP contribution in [0, 0.1) is 0 Å². The number of hydrogen-bond acceptors (Lipinski definition) is 6. The summed E-state index contributed by atoms with van der Waals surface area (Å²) in [5, 5.41) is 4.02. The summed E-state index contributed by atoms with van der Waals surface area (Å²) in [4.78, 5) is 26.7.